The van der Waals surface area contributed by atoms with Gasteiger partial charge < -0.3 is 5.32 Å². The van der Waals surface area contributed by atoms with Crippen LogP contribution in [-0.4, -0.2) is 11.5 Å². The normalized spacial score (nSPS) is 12.6. The van der Waals surface area contributed by atoms with Crippen molar-refractivity contribution in [3.05, 3.63) is 40.4 Å². The zero-order valence-electron chi connectivity index (χ0n) is 10.3. The molecule has 96 valence electrons. The van der Waals surface area contributed by atoms with Crippen molar-refractivity contribution < 1.29 is 0 Å². The van der Waals surface area contributed by atoms with Crippen molar-refractivity contribution >= 4 is 34.7 Å². The van der Waals surface area contributed by atoms with Gasteiger partial charge in [0, 0.05) is 27.5 Å². The summed E-state index contributed by atoms with van der Waals surface area (Å²) in [7, 11) is 0. The molecule has 0 aliphatic rings. The van der Waals surface area contributed by atoms with Gasteiger partial charge in [0.1, 0.15) is 0 Å². The second-order valence-corrected chi connectivity index (χ2v) is 6.49. The Morgan fingerprint density at radius 1 is 1.50 bits per heavy atom. The monoisotopic (exact) mass is 298 g/mol. The first kappa shape index (κ1) is 13.9. The second-order valence-electron chi connectivity index (χ2n) is 3.86. The highest BCUT2D eigenvalue weighted by Gasteiger charge is 2.10. The van der Waals surface area contributed by atoms with Crippen LogP contribution in [0.25, 0.3) is 0 Å². The first-order valence-electron chi connectivity index (χ1n) is 5.81. The molecule has 0 aliphatic heterocycles. The summed E-state index contributed by atoms with van der Waals surface area (Å²) in [6.07, 6.45) is 1.82. The van der Waals surface area contributed by atoms with Crippen LogP contribution in [0.1, 0.15) is 25.5 Å². The summed E-state index contributed by atoms with van der Waals surface area (Å²) in [6, 6.07) is 6.48. The smallest absolute Gasteiger partial charge is 0.154 e. The molecule has 0 amide bonds. The lowest BCUT2D eigenvalue weighted by Gasteiger charge is -2.14. The van der Waals surface area contributed by atoms with Gasteiger partial charge in [-0.1, -0.05) is 36.4 Å². The lowest BCUT2D eigenvalue weighted by molar-refractivity contribution is 0.598. The Labute approximate surface area is 121 Å². The SMILES string of the molecule is CCNC(C)c1ccc(Sc2nccs2)cc1Cl. The fourth-order valence-corrected chi connectivity index (χ4v) is 3.74. The van der Waals surface area contributed by atoms with Crippen LogP contribution in [-0.2, 0) is 0 Å². The molecule has 2 rings (SSSR count). The Kier molecular flexibility index (Phi) is 5.06. The molecule has 0 saturated carbocycles. The van der Waals surface area contributed by atoms with Gasteiger partial charge in [-0.15, -0.1) is 11.3 Å². The van der Waals surface area contributed by atoms with Gasteiger partial charge in [-0.25, -0.2) is 4.98 Å². The van der Waals surface area contributed by atoms with Crippen molar-refractivity contribution in [1.29, 1.82) is 0 Å². The number of aromatic nitrogens is 1. The van der Waals surface area contributed by atoms with Crippen molar-refractivity contribution in [2.75, 3.05) is 6.54 Å². The van der Waals surface area contributed by atoms with Gasteiger partial charge in [0.25, 0.3) is 0 Å². The molecule has 0 bridgehead atoms. The zero-order chi connectivity index (χ0) is 13.0. The quantitative estimate of drug-likeness (QED) is 0.872. The summed E-state index contributed by atoms with van der Waals surface area (Å²) in [5.41, 5.74) is 1.14. The molecule has 1 N–H and O–H groups in total. The Morgan fingerprint density at radius 2 is 2.33 bits per heavy atom. The number of thiazole rings is 1. The number of benzene rings is 1. The molecule has 1 aromatic heterocycles. The van der Waals surface area contributed by atoms with Crippen molar-refractivity contribution in [3.63, 3.8) is 0 Å². The van der Waals surface area contributed by atoms with E-state index in [2.05, 4.69) is 36.3 Å². The number of hydrogen-bond acceptors (Lipinski definition) is 4. The molecule has 0 fully saturated rings. The van der Waals surface area contributed by atoms with Gasteiger partial charge in [0.05, 0.1) is 0 Å². The third-order valence-electron chi connectivity index (χ3n) is 2.56. The van der Waals surface area contributed by atoms with Crippen molar-refractivity contribution in [3.8, 4) is 0 Å². The molecule has 1 heterocycles. The van der Waals surface area contributed by atoms with Gasteiger partial charge in [-0.3, -0.25) is 0 Å². The van der Waals surface area contributed by atoms with Crippen LogP contribution in [0.4, 0.5) is 0 Å². The second kappa shape index (κ2) is 6.57. The maximum absolute atomic E-state index is 6.33. The first-order valence-corrected chi connectivity index (χ1v) is 7.88. The topological polar surface area (TPSA) is 24.9 Å². The van der Waals surface area contributed by atoms with E-state index in [1.165, 1.54) is 0 Å². The summed E-state index contributed by atoms with van der Waals surface area (Å²) in [5.74, 6) is 0. The fraction of sp³-hybridized carbons (Fsp3) is 0.308. The minimum Gasteiger partial charge on any atom is -0.310 e. The molecular formula is C13H15ClN2S2. The van der Waals surface area contributed by atoms with Crippen LogP contribution >= 0.6 is 34.7 Å². The summed E-state index contributed by atoms with van der Waals surface area (Å²) in [5, 5.41) is 6.15. The van der Waals surface area contributed by atoms with E-state index >= 15 is 0 Å². The van der Waals surface area contributed by atoms with E-state index in [1.54, 1.807) is 23.1 Å². The van der Waals surface area contributed by atoms with Crippen LogP contribution in [0.5, 0.6) is 0 Å². The van der Waals surface area contributed by atoms with E-state index in [1.807, 2.05) is 17.6 Å². The van der Waals surface area contributed by atoms with Gasteiger partial charge in [0.15, 0.2) is 4.34 Å². The Hall–Kier alpha value is -0.550. The van der Waals surface area contributed by atoms with E-state index in [9.17, 15) is 0 Å². The van der Waals surface area contributed by atoms with E-state index < -0.39 is 0 Å². The highest BCUT2D eigenvalue weighted by atomic mass is 35.5. The number of hydrogen-bond donors (Lipinski definition) is 1. The third kappa shape index (κ3) is 3.48. The Balaban J connectivity index is 2.14. The molecule has 2 aromatic rings. The summed E-state index contributed by atoms with van der Waals surface area (Å²) < 4.78 is 1.04. The minimum atomic E-state index is 0.279. The summed E-state index contributed by atoms with van der Waals surface area (Å²) in [4.78, 5) is 5.38. The predicted molar refractivity (Wildman–Crippen MR) is 79.8 cm³/mol. The number of nitrogens with one attached hydrogen (secondary N) is 1. The molecule has 18 heavy (non-hydrogen) atoms. The maximum atomic E-state index is 6.33. The minimum absolute atomic E-state index is 0.279. The maximum Gasteiger partial charge on any atom is 0.154 e. The van der Waals surface area contributed by atoms with Crippen molar-refractivity contribution in [2.24, 2.45) is 0 Å². The van der Waals surface area contributed by atoms with Crippen molar-refractivity contribution in [2.45, 2.75) is 29.1 Å². The van der Waals surface area contributed by atoms with Gasteiger partial charge >= 0.3 is 0 Å². The van der Waals surface area contributed by atoms with Crippen LogP contribution in [0.3, 0.4) is 0 Å². The van der Waals surface area contributed by atoms with Crippen LogP contribution in [0.2, 0.25) is 5.02 Å². The van der Waals surface area contributed by atoms with E-state index in [4.69, 9.17) is 11.6 Å². The Bertz CT molecular complexity index is 500. The first-order chi connectivity index (χ1) is 8.70. The average Bonchev–Trinajstić information content (AvgIpc) is 2.82. The lowest BCUT2D eigenvalue weighted by atomic mass is 10.1. The molecule has 0 saturated heterocycles. The van der Waals surface area contributed by atoms with Crippen LogP contribution < -0.4 is 5.32 Å². The van der Waals surface area contributed by atoms with E-state index in [-0.39, 0.29) is 6.04 Å². The zero-order valence-corrected chi connectivity index (χ0v) is 12.7. The molecular weight excluding hydrogens is 284 g/mol. The number of rotatable bonds is 5. The van der Waals surface area contributed by atoms with E-state index in [0.717, 1.165) is 26.4 Å². The molecule has 2 nitrogen and oxygen atoms in total. The van der Waals surface area contributed by atoms with E-state index in [0.29, 0.717) is 0 Å². The molecule has 0 aliphatic carbocycles. The van der Waals surface area contributed by atoms with Gasteiger partial charge in [0.2, 0.25) is 0 Å². The summed E-state index contributed by atoms with van der Waals surface area (Å²) >= 11 is 9.61. The highest BCUT2D eigenvalue weighted by molar-refractivity contribution is 8.01. The average molecular weight is 299 g/mol. The van der Waals surface area contributed by atoms with Crippen molar-refractivity contribution in [1.82, 2.24) is 10.3 Å². The number of nitrogens with zero attached hydrogens (tertiary/aromatic N) is 1. The fourth-order valence-electron chi connectivity index (χ4n) is 1.70. The van der Waals surface area contributed by atoms with Crippen LogP contribution in [0, 0.1) is 0 Å². The van der Waals surface area contributed by atoms with Gasteiger partial charge in [-0.2, -0.15) is 0 Å². The molecule has 5 heteroatoms. The molecule has 0 radical (unpaired) electrons. The predicted octanol–water partition coefficient (Wildman–Crippen LogP) is 4.62. The Morgan fingerprint density at radius 3 is 2.94 bits per heavy atom. The standard InChI is InChI=1S/C13H15ClN2S2/c1-3-15-9(2)11-5-4-10(8-12(11)14)18-13-16-6-7-17-13/h4-9,15H,3H2,1-2H3. The molecule has 0 spiro atoms. The third-order valence-corrected chi connectivity index (χ3v) is 4.76. The van der Waals surface area contributed by atoms with Gasteiger partial charge in [-0.05, 0) is 31.2 Å². The summed E-state index contributed by atoms with van der Waals surface area (Å²) in [6.45, 7) is 5.16. The molecule has 1 atom stereocenters. The lowest BCUT2D eigenvalue weighted by Crippen LogP contribution is -2.17. The highest BCUT2D eigenvalue weighted by Crippen LogP contribution is 2.33. The number of halogens is 1. The molecule has 1 aromatic carbocycles. The van der Waals surface area contributed by atoms with Crippen LogP contribution in [0.15, 0.2) is 39.0 Å². The molecule has 1 unspecified atom stereocenters. The largest absolute Gasteiger partial charge is 0.310 e.